The molecule has 2 nitrogen and oxygen atoms in total. The molecule has 0 saturated heterocycles. The summed E-state index contributed by atoms with van der Waals surface area (Å²) in [7, 11) is 4.20. The van der Waals surface area contributed by atoms with Gasteiger partial charge in [-0.1, -0.05) is 13.8 Å². The average Bonchev–Trinajstić information content (AvgIpc) is 2.01. The highest BCUT2D eigenvalue weighted by Crippen LogP contribution is 2.33. The monoisotopic (exact) mass is 196 g/mol. The first-order valence-electron chi connectivity index (χ1n) is 5.66. The predicted octanol–water partition coefficient (Wildman–Crippen LogP) is 2.59. The van der Waals surface area contributed by atoms with E-state index in [9.17, 15) is 0 Å². The number of hydrogen-bond acceptors (Lipinski definition) is 2. The van der Waals surface area contributed by atoms with Gasteiger partial charge in [0, 0.05) is 12.3 Å². The van der Waals surface area contributed by atoms with Crippen molar-refractivity contribution >= 4 is 5.71 Å². The Bertz CT molecular complexity index is 204. The quantitative estimate of drug-likeness (QED) is 0.677. The van der Waals surface area contributed by atoms with E-state index in [1.807, 2.05) is 0 Å². The third-order valence-corrected chi connectivity index (χ3v) is 2.88. The minimum Gasteiger partial charge on any atom is -0.308 e. The number of aliphatic imine (C=N–C) groups is 1. The second kappa shape index (κ2) is 4.92. The van der Waals surface area contributed by atoms with Gasteiger partial charge in [-0.3, -0.25) is 4.99 Å². The summed E-state index contributed by atoms with van der Waals surface area (Å²) >= 11 is 0. The van der Waals surface area contributed by atoms with Gasteiger partial charge < -0.3 is 4.90 Å². The maximum absolute atomic E-state index is 4.69. The summed E-state index contributed by atoms with van der Waals surface area (Å²) in [5, 5.41) is 0. The molecule has 1 aliphatic carbocycles. The van der Waals surface area contributed by atoms with E-state index >= 15 is 0 Å². The zero-order chi connectivity index (χ0) is 10.6. The smallest absolute Gasteiger partial charge is 0.0515 e. The van der Waals surface area contributed by atoms with Crippen molar-refractivity contribution < 1.29 is 0 Å². The first-order chi connectivity index (χ1) is 6.49. The molecule has 0 bridgehead atoms. The Labute approximate surface area is 88.4 Å². The highest BCUT2D eigenvalue weighted by atomic mass is 15.1. The van der Waals surface area contributed by atoms with Crippen LogP contribution in [0.4, 0.5) is 0 Å². The first kappa shape index (κ1) is 11.7. The van der Waals surface area contributed by atoms with Crippen LogP contribution in [0, 0.1) is 5.41 Å². The maximum Gasteiger partial charge on any atom is 0.0515 e. The Hall–Kier alpha value is -0.370. The second-order valence-corrected chi connectivity index (χ2v) is 5.45. The molecule has 2 heteroatoms. The van der Waals surface area contributed by atoms with Crippen LogP contribution in [0.3, 0.4) is 0 Å². The summed E-state index contributed by atoms with van der Waals surface area (Å²) in [6.45, 7) is 6.75. The van der Waals surface area contributed by atoms with Gasteiger partial charge in [-0.05, 0) is 45.2 Å². The van der Waals surface area contributed by atoms with Crippen molar-refractivity contribution in [1.82, 2.24) is 4.90 Å². The minimum absolute atomic E-state index is 0.495. The Kier molecular flexibility index (Phi) is 4.11. The van der Waals surface area contributed by atoms with Crippen LogP contribution < -0.4 is 0 Å². The predicted molar refractivity (Wildman–Crippen MR) is 63.1 cm³/mol. The van der Waals surface area contributed by atoms with Crippen molar-refractivity contribution in [3.05, 3.63) is 0 Å². The van der Waals surface area contributed by atoms with E-state index in [1.165, 1.54) is 31.4 Å². The molecule has 0 aromatic carbocycles. The van der Waals surface area contributed by atoms with Gasteiger partial charge in [0.1, 0.15) is 0 Å². The highest BCUT2D eigenvalue weighted by Gasteiger charge is 2.24. The van der Waals surface area contributed by atoms with Crippen LogP contribution in [-0.2, 0) is 0 Å². The van der Waals surface area contributed by atoms with E-state index in [4.69, 9.17) is 4.99 Å². The van der Waals surface area contributed by atoms with Gasteiger partial charge in [-0.15, -0.1) is 0 Å². The molecule has 1 aliphatic rings. The molecule has 1 rings (SSSR count). The molecule has 1 fully saturated rings. The molecule has 14 heavy (non-hydrogen) atoms. The SMILES string of the molecule is CN(C)CC/N=C1\CCCC(C)(C)C1. The lowest BCUT2D eigenvalue weighted by Gasteiger charge is -2.30. The van der Waals surface area contributed by atoms with Gasteiger partial charge >= 0.3 is 0 Å². The van der Waals surface area contributed by atoms with E-state index in [-0.39, 0.29) is 0 Å². The Morgan fingerprint density at radius 2 is 2.07 bits per heavy atom. The van der Waals surface area contributed by atoms with E-state index in [0.29, 0.717) is 5.41 Å². The fourth-order valence-electron chi connectivity index (χ4n) is 2.04. The summed E-state index contributed by atoms with van der Waals surface area (Å²) < 4.78 is 0. The van der Waals surface area contributed by atoms with Gasteiger partial charge in [-0.2, -0.15) is 0 Å². The fraction of sp³-hybridized carbons (Fsp3) is 0.917. The molecule has 0 unspecified atom stereocenters. The van der Waals surface area contributed by atoms with Gasteiger partial charge in [0.05, 0.1) is 6.54 Å². The molecular weight excluding hydrogens is 172 g/mol. The maximum atomic E-state index is 4.69. The first-order valence-corrected chi connectivity index (χ1v) is 5.66. The molecule has 0 aromatic rings. The van der Waals surface area contributed by atoms with Crippen LogP contribution in [0.1, 0.15) is 39.5 Å². The van der Waals surface area contributed by atoms with Gasteiger partial charge in [-0.25, -0.2) is 0 Å². The van der Waals surface area contributed by atoms with Crippen LogP contribution in [0.2, 0.25) is 0 Å². The van der Waals surface area contributed by atoms with Gasteiger partial charge in [0.2, 0.25) is 0 Å². The molecule has 0 atom stereocenters. The Morgan fingerprint density at radius 1 is 1.36 bits per heavy atom. The van der Waals surface area contributed by atoms with Crippen LogP contribution in [0.15, 0.2) is 4.99 Å². The molecule has 0 aromatic heterocycles. The minimum atomic E-state index is 0.495. The standard InChI is InChI=1S/C12H24N2/c1-12(2)7-5-6-11(10-12)13-8-9-14(3)4/h5-10H2,1-4H3/b13-11+. The number of nitrogens with zero attached hydrogens (tertiary/aromatic N) is 2. The molecule has 0 heterocycles. The summed E-state index contributed by atoms with van der Waals surface area (Å²) in [6, 6.07) is 0. The molecule has 0 aliphatic heterocycles. The molecule has 0 spiro atoms. The summed E-state index contributed by atoms with van der Waals surface area (Å²) in [5.74, 6) is 0. The van der Waals surface area contributed by atoms with Crippen molar-refractivity contribution in [1.29, 1.82) is 0 Å². The Balaban J connectivity index is 2.36. The molecule has 0 N–H and O–H groups in total. The average molecular weight is 196 g/mol. The van der Waals surface area contributed by atoms with Crippen molar-refractivity contribution in [2.45, 2.75) is 39.5 Å². The van der Waals surface area contributed by atoms with E-state index in [0.717, 1.165) is 13.1 Å². The Morgan fingerprint density at radius 3 is 2.64 bits per heavy atom. The van der Waals surface area contributed by atoms with Gasteiger partial charge in [0.15, 0.2) is 0 Å². The zero-order valence-electron chi connectivity index (χ0n) is 10.1. The molecule has 0 radical (unpaired) electrons. The van der Waals surface area contributed by atoms with Crippen LogP contribution in [0.5, 0.6) is 0 Å². The number of rotatable bonds is 3. The van der Waals surface area contributed by atoms with E-state index < -0.39 is 0 Å². The number of likely N-dealkylation sites (N-methyl/N-ethyl adjacent to an activating group) is 1. The van der Waals surface area contributed by atoms with E-state index in [1.54, 1.807) is 0 Å². The second-order valence-electron chi connectivity index (χ2n) is 5.45. The third kappa shape index (κ3) is 4.23. The lowest BCUT2D eigenvalue weighted by atomic mass is 9.76. The van der Waals surface area contributed by atoms with Crippen molar-refractivity contribution in [2.24, 2.45) is 10.4 Å². The molecule has 1 saturated carbocycles. The highest BCUT2D eigenvalue weighted by molar-refractivity contribution is 5.85. The summed E-state index contributed by atoms with van der Waals surface area (Å²) in [4.78, 5) is 6.89. The molecular formula is C12H24N2. The summed E-state index contributed by atoms with van der Waals surface area (Å²) in [6.07, 6.45) is 5.13. The third-order valence-electron chi connectivity index (χ3n) is 2.88. The number of hydrogen-bond donors (Lipinski definition) is 0. The van der Waals surface area contributed by atoms with Crippen molar-refractivity contribution in [3.8, 4) is 0 Å². The fourth-order valence-corrected chi connectivity index (χ4v) is 2.04. The lowest BCUT2D eigenvalue weighted by molar-refractivity contribution is 0.320. The normalized spacial score (nSPS) is 24.5. The summed E-state index contributed by atoms with van der Waals surface area (Å²) in [5.41, 5.74) is 1.94. The van der Waals surface area contributed by atoms with Crippen LogP contribution in [-0.4, -0.2) is 37.8 Å². The molecule has 82 valence electrons. The van der Waals surface area contributed by atoms with Crippen LogP contribution in [0.25, 0.3) is 0 Å². The van der Waals surface area contributed by atoms with Crippen molar-refractivity contribution in [2.75, 3.05) is 27.2 Å². The zero-order valence-corrected chi connectivity index (χ0v) is 10.1. The van der Waals surface area contributed by atoms with Gasteiger partial charge in [0.25, 0.3) is 0 Å². The lowest BCUT2D eigenvalue weighted by Crippen LogP contribution is -2.23. The molecule has 0 amide bonds. The van der Waals surface area contributed by atoms with Crippen molar-refractivity contribution in [3.63, 3.8) is 0 Å². The topological polar surface area (TPSA) is 15.6 Å². The van der Waals surface area contributed by atoms with Crippen LogP contribution >= 0.6 is 0 Å². The van der Waals surface area contributed by atoms with E-state index in [2.05, 4.69) is 32.8 Å². The largest absolute Gasteiger partial charge is 0.308 e.